The minimum absolute atomic E-state index is 0.283. The molecule has 1 N–H and O–H groups in total. The van der Waals surface area contributed by atoms with Crippen molar-refractivity contribution < 1.29 is 13.2 Å². The maximum Gasteiger partial charge on any atom is 0.416 e. The van der Waals surface area contributed by atoms with Crippen molar-refractivity contribution in [2.75, 3.05) is 5.32 Å². The molecular weight excluding hydrogens is 265 g/mol. The molecule has 20 heavy (non-hydrogen) atoms. The third-order valence-electron chi connectivity index (χ3n) is 2.76. The van der Waals surface area contributed by atoms with Gasteiger partial charge in [-0.1, -0.05) is 30.3 Å². The third kappa shape index (κ3) is 3.29. The standard InChI is InChI=1S/C15H11F3N2/c16-15(17,18)12-6-4-5-11(9-12)14(10-19)20-13-7-2-1-3-8-13/h1-9,14,20H. The van der Waals surface area contributed by atoms with Crippen LogP contribution in [0.5, 0.6) is 0 Å². The maximum absolute atomic E-state index is 12.7. The number of nitrogens with zero attached hydrogens (tertiary/aromatic N) is 1. The van der Waals surface area contributed by atoms with Gasteiger partial charge in [-0.15, -0.1) is 0 Å². The van der Waals surface area contributed by atoms with Crippen LogP contribution >= 0.6 is 0 Å². The van der Waals surface area contributed by atoms with E-state index < -0.39 is 17.8 Å². The first-order valence-electron chi connectivity index (χ1n) is 5.89. The zero-order valence-electron chi connectivity index (χ0n) is 10.4. The lowest BCUT2D eigenvalue weighted by atomic mass is 10.0. The molecule has 1 atom stereocenters. The van der Waals surface area contributed by atoms with Crippen molar-refractivity contribution in [3.05, 3.63) is 65.7 Å². The molecule has 0 spiro atoms. The van der Waals surface area contributed by atoms with Gasteiger partial charge in [0.05, 0.1) is 11.6 Å². The second kappa shape index (κ2) is 5.66. The summed E-state index contributed by atoms with van der Waals surface area (Å²) in [4.78, 5) is 0. The summed E-state index contributed by atoms with van der Waals surface area (Å²) in [5.74, 6) is 0. The molecule has 2 aromatic rings. The van der Waals surface area contributed by atoms with Crippen LogP contribution in [0.2, 0.25) is 0 Å². The maximum atomic E-state index is 12.7. The van der Waals surface area contributed by atoms with Gasteiger partial charge in [0, 0.05) is 5.69 Å². The Bertz CT molecular complexity index is 615. The molecule has 1 unspecified atom stereocenters. The highest BCUT2D eigenvalue weighted by Crippen LogP contribution is 2.31. The van der Waals surface area contributed by atoms with Crippen LogP contribution in [0.1, 0.15) is 17.2 Å². The van der Waals surface area contributed by atoms with Crippen LogP contribution in [-0.2, 0) is 6.18 Å². The van der Waals surface area contributed by atoms with Gasteiger partial charge in [-0.05, 0) is 29.8 Å². The predicted molar refractivity (Wildman–Crippen MR) is 69.9 cm³/mol. The number of benzene rings is 2. The number of hydrogen-bond acceptors (Lipinski definition) is 2. The molecular formula is C15H11F3N2. The average molecular weight is 276 g/mol. The van der Waals surface area contributed by atoms with Crippen molar-refractivity contribution in [1.29, 1.82) is 5.26 Å². The number of hydrogen-bond donors (Lipinski definition) is 1. The highest BCUT2D eigenvalue weighted by molar-refractivity contribution is 5.47. The molecule has 0 bridgehead atoms. The fraction of sp³-hybridized carbons (Fsp3) is 0.133. The quantitative estimate of drug-likeness (QED) is 0.902. The number of nitriles is 1. The number of nitrogens with one attached hydrogen (secondary N) is 1. The predicted octanol–water partition coefficient (Wildman–Crippen LogP) is 4.38. The molecule has 102 valence electrons. The fourth-order valence-corrected chi connectivity index (χ4v) is 1.79. The Labute approximate surface area is 114 Å². The number of anilines is 1. The minimum Gasteiger partial charge on any atom is -0.366 e. The highest BCUT2D eigenvalue weighted by Gasteiger charge is 2.31. The molecule has 0 aliphatic heterocycles. The molecule has 0 fully saturated rings. The van der Waals surface area contributed by atoms with Crippen molar-refractivity contribution in [3.63, 3.8) is 0 Å². The molecule has 0 heterocycles. The Hall–Kier alpha value is -2.48. The van der Waals surface area contributed by atoms with E-state index in [1.165, 1.54) is 12.1 Å². The van der Waals surface area contributed by atoms with Crippen molar-refractivity contribution in [2.45, 2.75) is 12.2 Å². The molecule has 2 rings (SSSR count). The van der Waals surface area contributed by atoms with E-state index in [4.69, 9.17) is 5.26 Å². The van der Waals surface area contributed by atoms with Crippen molar-refractivity contribution >= 4 is 5.69 Å². The van der Waals surface area contributed by atoms with Gasteiger partial charge in [-0.3, -0.25) is 0 Å². The van der Waals surface area contributed by atoms with E-state index in [-0.39, 0.29) is 5.56 Å². The molecule has 0 aliphatic rings. The second-order valence-electron chi connectivity index (χ2n) is 4.20. The number of rotatable bonds is 3. The first-order chi connectivity index (χ1) is 9.50. The lowest BCUT2D eigenvalue weighted by molar-refractivity contribution is -0.137. The molecule has 2 nitrogen and oxygen atoms in total. The van der Waals surface area contributed by atoms with Crippen LogP contribution in [0.15, 0.2) is 54.6 Å². The van der Waals surface area contributed by atoms with E-state index in [0.29, 0.717) is 5.69 Å². The minimum atomic E-state index is -4.41. The molecule has 0 amide bonds. The summed E-state index contributed by atoms with van der Waals surface area (Å²) >= 11 is 0. The Morgan fingerprint density at radius 1 is 1.00 bits per heavy atom. The third-order valence-corrected chi connectivity index (χ3v) is 2.76. The van der Waals surface area contributed by atoms with Crippen LogP contribution in [0, 0.1) is 11.3 Å². The zero-order valence-corrected chi connectivity index (χ0v) is 10.4. The average Bonchev–Trinajstić information content (AvgIpc) is 2.45. The van der Waals surface area contributed by atoms with Gasteiger partial charge < -0.3 is 5.32 Å². The first kappa shape index (κ1) is 13.9. The Morgan fingerprint density at radius 2 is 1.70 bits per heavy atom. The van der Waals surface area contributed by atoms with Crippen LogP contribution in [0.4, 0.5) is 18.9 Å². The molecule has 0 aromatic heterocycles. The molecule has 5 heteroatoms. The largest absolute Gasteiger partial charge is 0.416 e. The van der Waals surface area contributed by atoms with Gasteiger partial charge in [-0.25, -0.2) is 0 Å². The summed E-state index contributed by atoms with van der Waals surface area (Å²) in [5.41, 5.74) is 0.202. The van der Waals surface area contributed by atoms with Crippen molar-refractivity contribution in [3.8, 4) is 6.07 Å². The lowest BCUT2D eigenvalue weighted by Gasteiger charge is -2.15. The van der Waals surface area contributed by atoms with Gasteiger partial charge in [-0.2, -0.15) is 18.4 Å². The monoisotopic (exact) mass is 276 g/mol. The second-order valence-corrected chi connectivity index (χ2v) is 4.20. The molecule has 0 aliphatic carbocycles. The smallest absolute Gasteiger partial charge is 0.366 e. The fourth-order valence-electron chi connectivity index (χ4n) is 1.79. The summed E-state index contributed by atoms with van der Waals surface area (Å²) in [6.45, 7) is 0. The first-order valence-corrected chi connectivity index (χ1v) is 5.89. The Morgan fingerprint density at radius 3 is 2.30 bits per heavy atom. The molecule has 0 saturated heterocycles. The highest BCUT2D eigenvalue weighted by atomic mass is 19.4. The summed E-state index contributed by atoms with van der Waals surface area (Å²) in [7, 11) is 0. The van der Waals surface area contributed by atoms with Crippen LogP contribution in [0.3, 0.4) is 0 Å². The summed E-state index contributed by atoms with van der Waals surface area (Å²) in [6.07, 6.45) is -4.41. The summed E-state index contributed by atoms with van der Waals surface area (Å²) < 4.78 is 38.0. The van der Waals surface area contributed by atoms with Crippen molar-refractivity contribution in [1.82, 2.24) is 0 Å². The summed E-state index contributed by atoms with van der Waals surface area (Å²) in [5, 5.41) is 12.0. The van der Waals surface area contributed by atoms with Crippen LogP contribution < -0.4 is 5.32 Å². The van der Waals surface area contributed by atoms with E-state index in [1.54, 1.807) is 24.3 Å². The Balaban J connectivity index is 2.27. The van der Waals surface area contributed by atoms with Gasteiger partial charge >= 0.3 is 6.18 Å². The van der Waals surface area contributed by atoms with E-state index in [2.05, 4.69) is 5.32 Å². The topological polar surface area (TPSA) is 35.8 Å². The van der Waals surface area contributed by atoms with E-state index in [0.717, 1.165) is 12.1 Å². The van der Waals surface area contributed by atoms with Gasteiger partial charge in [0.2, 0.25) is 0 Å². The van der Waals surface area contributed by atoms with E-state index >= 15 is 0 Å². The number of para-hydroxylation sites is 1. The lowest BCUT2D eigenvalue weighted by Crippen LogP contribution is -2.11. The number of halogens is 3. The van der Waals surface area contributed by atoms with Crippen molar-refractivity contribution in [2.24, 2.45) is 0 Å². The Kier molecular flexibility index (Phi) is 3.94. The normalized spacial score (nSPS) is 12.5. The van der Waals surface area contributed by atoms with E-state index in [1.807, 2.05) is 12.1 Å². The van der Waals surface area contributed by atoms with Gasteiger partial charge in [0.1, 0.15) is 6.04 Å². The van der Waals surface area contributed by atoms with Gasteiger partial charge in [0.25, 0.3) is 0 Å². The molecule has 2 aromatic carbocycles. The molecule has 0 saturated carbocycles. The van der Waals surface area contributed by atoms with Gasteiger partial charge in [0.15, 0.2) is 0 Å². The molecule has 0 radical (unpaired) electrons. The SMILES string of the molecule is N#CC(Nc1ccccc1)c1cccc(C(F)(F)F)c1. The zero-order chi connectivity index (χ0) is 14.6. The number of alkyl halides is 3. The van der Waals surface area contributed by atoms with Crippen LogP contribution in [-0.4, -0.2) is 0 Å². The van der Waals surface area contributed by atoms with E-state index in [9.17, 15) is 13.2 Å². The summed E-state index contributed by atoms with van der Waals surface area (Å²) in [6, 6.07) is 14.8. The van der Waals surface area contributed by atoms with Crippen LogP contribution in [0.25, 0.3) is 0 Å².